The van der Waals surface area contributed by atoms with Gasteiger partial charge in [0.1, 0.15) is 0 Å². The van der Waals surface area contributed by atoms with Gasteiger partial charge in [-0.2, -0.15) is 0 Å². The van der Waals surface area contributed by atoms with Gasteiger partial charge in [-0.15, -0.1) is 0 Å². The average Bonchev–Trinajstić information content (AvgIpc) is 2.40. The maximum atomic E-state index is 11.2. The molecule has 6 nitrogen and oxygen atoms in total. The van der Waals surface area contributed by atoms with Gasteiger partial charge in [-0.1, -0.05) is 0 Å². The Kier molecular flexibility index (Phi) is 10.7. The maximum absolute atomic E-state index is 11.2. The predicted molar refractivity (Wildman–Crippen MR) is 64.3 cm³/mol. The fraction of sp³-hybridized carbons (Fsp3) is 0.727. The van der Waals surface area contributed by atoms with Crippen molar-refractivity contribution in [1.29, 1.82) is 0 Å². The number of esters is 3. The molecule has 0 aromatic heterocycles. The van der Waals surface area contributed by atoms with Gasteiger partial charge in [-0.05, 0) is 0 Å². The third kappa shape index (κ3) is 8.91. The molecule has 0 aromatic carbocycles. The molecule has 0 spiro atoms. The van der Waals surface area contributed by atoms with Gasteiger partial charge < -0.3 is 0 Å². The Labute approximate surface area is 136 Å². The second-order valence-corrected chi connectivity index (χ2v) is 5.28. The molecule has 0 aliphatic rings. The SMILES string of the molecule is CCC(=O)OCC(COC(=O)[CH2][SrH])OC(=O)CC. The van der Waals surface area contributed by atoms with Crippen LogP contribution in [0.15, 0.2) is 0 Å². The van der Waals surface area contributed by atoms with E-state index >= 15 is 0 Å². The van der Waals surface area contributed by atoms with E-state index in [0.717, 1.165) is 0 Å². The van der Waals surface area contributed by atoms with Crippen LogP contribution in [-0.2, 0) is 28.6 Å². The molecule has 0 rings (SSSR count). The topological polar surface area (TPSA) is 78.9 Å². The number of hydrogen-bond donors (Lipinski definition) is 0. The number of carbonyl (C=O) groups excluding carboxylic acids is 3. The van der Waals surface area contributed by atoms with Crippen molar-refractivity contribution in [1.82, 2.24) is 0 Å². The number of rotatable bonds is 8. The summed E-state index contributed by atoms with van der Waals surface area (Å²) >= 11 is 0.230. The molecule has 1 atom stereocenters. The first kappa shape index (κ1) is 17.9. The van der Waals surface area contributed by atoms with Crippen molar-refractivity contribution in [3.8, 4) is 0 Å². The van der Waals surface area contributed by atoms with E-state index in [4.69, 9.17) is 14.2 Å². The molecule has 0 aromatic rings. The minimum atomic E-state index is -0.723. The van der Waals surface area contributed by atoms with Gasteiger partial charge in [0.15, 0.2) is 0 Å². The van der Waals surface area contributed by atoms with Crippen LogP contribution < -0.4 is 0 Å². The molecule has 0 heterocycles. The molecule has 0 aliphatic heterocycles. The van der Waals surface area contributed by atoms with Gasteiger partial charge in [0.05, 0.1) is 0 Å². The normalized spacial score (nSPS) is 11.4. The van der Waals surface area contributed by atoms with Crippen molar-refractivity contribution in [2.75, 3.05) is 13.2 Å². The Bertz CT molecular complexity index is 271. The fourth-order valence-electron chi connectivity index (χ4n) is 0.961. The van der Waals surface area contributed by atoms with Crippen LogP contribution >= 0.6 is 0 Å². The summed E-state index contributed by atoms with van der Waals surface area (Å²) in [4.78, 5) is 33.2. The summed E-state index contributed by atoms with van der Waals surface area (Å²) < 4.78 is 15.2. The Morgan fingerprint density at radius 2 is 1.44 bits per heavy atom. The molecule has 1 unspecified atom stereocenters. The predicted octanol–water partition coefficient (Wildman–Crippen LogP) is 0.124. The van der Waals surface area contributed by atoms with Crippen molar-refractivity contribution in [2.45, 2.75) is 34.2 Å². The summed E-state index contributed by atoms with van der Waals surface area (Å²) in [5, 5.41) is 0. The van der Waals surface area contributed by atoms with E-state index in [0.29, 0.717) is 1.39 Å². The third-order valence-corrected chi connectivity index (χ3v) is 3.44. The molecule has 0 radical (unpaired) electrons. The van der Waals surface area contributed by atoms with E-state index in [1.54, 1.807) is 13.8 Å². The number of ether oxygens (including phenoxy) is 3. The summed E-state index contributed by atoms with van der Waals surface area (Å²) in [5.74, 6) is -1.10. The molecular formula is C11H18O6Sr. The monoisotopic (exact) mass is 334 g/mol. The van der Waals surface area contributed by atoms with Gasteiger partial charge >= 0.3 is 137 Å². The Morgan fingerprint density at radius 3 is 1.89 bits per heavy atom. The average molecular weight is 334 g/mol. The standard InChI is InChI=1S/C11H17O6.Sr.H/c1-4-10(13)16-7-9(6-15-8(3)12)17-11(14)5-2;;/h9H,3-7H2,1-2H3;;. The summed E-state index contributed by atoms with van der Waals surface area (Å²) in [6.45, 7) is 3.17. The molecular weight excluding hydrogens is 316 g/mol. The van der Waals surface area contributed by atoms with Crippen LogP contribution in [0.5, 0.6) is 0 Å². The quantitative estimate of drug-likeness (QED) is 0.357. The second kappa shape index (κ2) is 10.8. The zero-order chi connectivity index (χ0) is 14.0. The van der Waals surface area contributed by atoms with Crippen LogP contribution in [-0.4, -0.2) is 80.5 Å². The van der Waals surface area contributed by atoms with Crippen molar-refractivity contribution < 1.29 is 28.6 Å². The number of carbonyl (C=O) groups is 3. The Balaban J connectivity index is 4.19. The molecule has 0 saturated heterocycles. The molecule has 100 valence electrons. The second-order valence-electron chi connectivity index (χ2n) is 3.54. The van der Waals surface area contributed by atoms with E-state index in [1.807, 2.05) is 0 Å². The Hall–Kier alpha value is -0.109. The number of hydrogen-bond acceptors (Lipinski definition) is 6. The van der Waals surface area contributed by atoms with E-state index in [9.17, 15) is 14.4 Å². The summed E-state index contributed by atoms with van der Waals surface area (Å²) in [6, 6.07) is 0. The molecule has 0 amide bonds. The molecule has 0 bridgehead atoms. The van der Waals surface area contributed by atoms with Crippen LogP contribution in [0.4, 0.5) is 0 Å². The summed E-state index contributed by atoms with van der Waals surface area (Å²) in [6.07, 6.45) is -0.257. The van der Waals surface area contributed by atoms with Crippen LogP contribution in [0.25, 0.3) is 0 Å². The van der Waals surface area contributed by atoms with Crippen LogP contribution in [0.3, 0.4) is 0 Å². The van der Waals surface area contributed by atoms with Crippen LogP contribution in [0.1, 0.15) is 26.7 Å². The summed E-state index contributed by atoms with van der Waals surface area (Å²) in [5.41, 5.74) is 0. The van der Waals surface area contributed by atoms with Gasteiger partial charge in [0, 0.05) is 0 Å². The fourth-order valence-corrected chi connectivity index (χ4v) is 1.46. The first-order chi connectivity index (χ1) is 8.53. The van der Waals surface area contributed by atoms with E-state index in [-0.39, 0.29) is 81.2 Å². The minimum absolute atomic E-state index is 0.0682. The molecule has 0 aliphatic carbocycles. The Morgan fingerprint density at radius 1 is 0.944 bits per heavy atom. The van der Waals surface area contributed by atoms with Gasteiger partial charge in [0.2, 0.25) is 0 Å². The zero-order valence-electron chi connectivity index (χ0n) is 11.1. The van der Waals surface area contributed by atoms with Crippen molar-refractivity contribution in [2.24, 2.45) is 0 Å². The summed E-state index contributed by atoms with van der Waals surface area (Å²) in [7, 11) is 0. The first-order valence-electron chi connectivity index (χ1n) is 6.04. The zero-order valence-corrected chi connectivity index (χ0v) is 16.0. The first-order valence-corrected chi connectivity index (χ1v) is 9.51. The third-order valence-electron chi connectivity index (χ3n) is 2.02. The molecule has 0 N–H and O–H groups in total. The van der Waals surface area contributed by atoms with Crippen molar-refractivity contribution in [3.05, 3.63) is 0 Å². The van der Waals surface area contributed by atoms with Gasteiger partial charge in [-0.3, -0.25) is 0 Å². The van der Waals surface area contributed by atoms with Crippen LogP contribution in [0.2, 0.25) is 1.39 Å². The van der Waals surface area contributed by atoms with E-state index in [2.05, 4.69) is 0 Å². The van der Waals surface area contributed by atoms with Crippen molar-refractivity contribution in [3.63, 3.8) is 0 Å². The molecule has 0 saturated carbocycles. The molecule has 7 heteroatoms. The van der Waals surface area contributed by atoms with Gasteiger partial charge in [0.25, 0.3) is 0 Å². The van der Waals surface area contributed by atoms with Crippen LogP contribution in [0, 0.1) is 0 Å². The molecule has 18 heavy (non-hydrogen) atoms. The van der Waals surface area contributed by atoms with Gasteiger partial charge in [-0.25, -0.2) is 0 Å². The van der Waals surface area contributed by atoms with E-state index in [1.165, 1.54) is 0 Å². The van der Waals surface area contributed by atoms with E-state index < -0.39 is 12.1 Å². The van der Waals surface area contributed by atoms with Crippen molar-refractivity contribution >= 4 is 61.2 Å². The molecule has 0 fully saturated rings.